The van der Waals surface area contributed by atoms with Crippen LogP contribution in [0.1, 0.15) is 13.3 Å². The van der Waals surface area contributed by atoms with Crippen molar-refractivity contribution in [2.45, 2.75) is 13.3 Å². The summed E-state index contributed by atoms with van der Waals surface area (Å²) < 4.78 is 0. The van der Waals surface area contributed by atoms with E-state index in [0.717, 1.165) is 4.90 Å². The summed E-state index contributed by atoms with van der Waals surface area (Å²) in [5.41, 5.74) is 0.218. The SMILES string of the molecule is CC(=CCCNC(=O)NCCN1C(=O)C=CC1=O)C(=O)O. The first-order valence-electron chi connectivity index (χ1n) is 6.37. The maximum Gasteiger partial charge on any atom is 0.330 e. The van der Waals surface area contributed by atoms with E-state index in [9.17, 15) is 19.2 Å². The summed E-state index contributed by atoms with van der Waals surface area (Å²) in [6, 6.07) is -0.441. The second-order valence-electron chi connectivity index (χ2n) is 4.33. The molecule has 0 aromatic heterocycles. The van der Waals surface area contributed by atoms with Gasteiger partial charge in [-0.1, -0.05) is 6.08 Å². The van der Waals surface area contributed by atoms with Crippen molar-refractivity contribution < 1.29 is 24.3 Å². The van der Waals surface area contributed by atoms with Crippen LogP contribution in [0.5, 0.6) is 0 Å². The van der Waals surface area contributed by atoms with Crippen molar-refractivity contribution in [3.8, 4) is 0 Å². The monoisotopic (exact) mass is 295 g/mol. The van der Waals surface area contributed by atoms with Crippen molar-refractivity contribution in [3.05, 3.63) is 23.8 Å². The number of nitrogens with one attached hydrogen (secondary N) is 2. The molecule has 0 saturated carbocycles. The molecular formula is C13H17N3O5. The third-order valence-corrected chi connectivity index (χ3v) is 2.74. The molecule has 114 valence electrons. The average molecular weight is 295 g/mol. The largest absolute Gasteiger partial charge is 0.478 e. The highest BCUT2D eigenvalue weighted by atomic mass is 16.4. The first-order valence-corrected chi connectivity index (χ1v) is 6.37. The molecule has 0 aromatic carbocycles. The van der Waals surface area contributed by atoms with Crippen LogP contribution in [0.15, 0.2) is 23.8 Å². The molecule has 0 unspecified atom stereocenters. The molecule has 1 rings (SSSR count). The van der Waals surface area contributed by atoms with Crippen molar-refractivity contribution in [1.82, 2.24) is 15.5 Å². The Labute approximate surface area is 121 Å². The van der Waals surface area contributed by atoms with Gasteiger partial charge in [-0.25, -0.2) is 9.59 Å². The predicted molar refractivity (Wildman–Crippen MR) is 73.3 cm³/mol. The van der Waals surface area contributed by atoms with E-state index >= 15 is 0 Å². The first kappa shape index (κ1) is 16.4. The van der Waals surface area contributed by atoms with Crippen LogP contribution in [0.2, 0.25) is 0 Å². The predicted octanol–water partition coefficient (Wildman–Crippen LogP) is -0.368. The van der Waals surface area contributed by atoms with Crippen molar-refractivity contribution >= 4 is 23.8 Å². The summed E-state index contributed by atoms with van der Waals surface area (Å²) in [5.74, 6) is -1.78. The number of carbonyl (C=O) groups excluding carboxylic acids is 3. The Hall–Kier alpha value is -2.64. The normalized spacial score (nSPS) is 14.5. The number of rotatable bonds is 7. The molecule has 21 heavy (non-hydrogen) atoms. The Balaban J connectivity index is 2.15. The quantitative estimate of drug-likeness (QED) is 0.337. The maximum absolute atomic E-state index is 11.4. The van der Waals surface area contributed by atoms with Gasteiger partial charge in [-0.05, 0) is 13.3 Å². The highest BCUT2D eigenvalue weighted by Gasteiger charge is 2.22. The standard InChI is InChI=1S/C13H17N3O5/c1-9(12(19)20)3-2-6-14-13(21)15-7-8-16-10(17)4-5-11(16)18/h3-5H,2,6-8H2,1H3,(H,19,20)(H2,14,15,21). The lowest BCUT2D eigenvalue weighted by atomic mass is 10.2. The minimum atomic E-state index is -0.993. The minimum absolute atomic E-state index is 0.107. The zero-order valence-electron chi connectivity index (χ0n) is 11.6. The number of aliphatic carboxylic acids is 1. The number of hydrogen-bond donors (Lipinski definition) is 3. The lowest BCUT2D eigenvalue weighted by Gasteiger charge is -2.14. The van der Waals surface area contributed by atoms with Gasteiger partial charge in [0.05, 0.1) is 0 Å². The zero-order chi connectivity index (χ0) is 15.8. The Morgan fingerprint density at radius 1 is 1.19 bits per heavy atom. The van der Waals surface area contributed by atoms with Gasteiger partial charge in [-0.15, -0.1) is 0 Å². The molecule has 8 nitrogen and oxygen atoms in total. The lowest BCUT2D eigenvalue weighted by molar-refractivity contribution is -0.137. The van der Waals surface area contributed by atoms with Gasteiger partial charge in [-0.3, -0.25) is 14.5 Å². The van der Waals surface area contributed by atoms with E-state index in [1.807, 2.05) is 0 Å². The number of imide groups is 1. The van der Waals surface area contributed by atoms with E-state index in [1.165, 1.54) is 25.2 Å². The summed E-state index contributed by atoms with van der Waals surface area (Å²) in [7, 11) is 0. The fraction of sp³-hybridized carbons (Fsp3) is 0.385. The first-order chi connectivity index (χ1) is 9.91. The average Bonchev–Trinajstić information content (AvgIpc) is 2.74. The van der Waals surface area contributed by atoms with Crippen LogP contribution in [0.25, 0.3) is 0 Å². The molecular weight excluding hydrogens is 278 g/mol. The summed E-state index contributed by atoms with van der Waals surface area (Å²) in [5, 5.41) is 13.7. The molecule has 0 atom stereocenters. The van der Waals surface area contributed by atoms with Gasteiger partial charge in [-0.2, -0.15) is 0 Å². The highest BCUT2D eigenvalue weighted by molar-refractivity contribution is 6.12. The number of carboxylic acid groups (broad SMARTS) is 1. The van der Waals surface area contributed by atoms with Crippen molar-refractivity contribution in [2.24, 2.45) is 0 Å². The molecule has 0 fully saturated rings. The van der Waals surface area contributed by atoms with Gasteiger partial charge in [0.25, 0.3) is 11.8 Å². The summed E-state index contributed by atoms with van der Waals surface area (Å²) in [6.07, 6.45) is 4.27. The van der Waals surface area contributed by atoms with Crippen LogP contribution in [0.3, 0.4) is 0 Å². The summed E-state index contributed by atoms with van der Waals surface area (Å²) >= 11 is 0. The third-order valence-electron chi connectivity index (χ3n) is 2.74. The number of hydrogen-bond acceptors (Lipinski definition) is 4. The van der Waals surface area contributed by atoms with E-state index < -0.39 is 23.8 Å². The van der Waals surface area contributed by atoms with Gasteiger partial charge >= 0.3 is 12.0 Å². The summed E-state index contributed by atoms with van der Waals surface area (Å²) in [6.45, 7) is 2.02. The Bertz CT molecular complexity index is 492. The topological polar surface area (TPSA) is 116 Å². The molecule has 4 amide bonds. The molecule has 8 heteroatoms. The molecule has 1 heterocycles. The van der Waals surface area contributed by atoms with Crippen molar-refractivity contribution in [3.63, 3.8) is 0 Å². The molecule has 0 spiro atoms. The molecule has 0 aliphatic carbocycles. The van der Waals surface area contributed by atoms with Crippen LogP contribution in [-0.4, -0.2) is 53.5 Å². The molecule has 0 saturated heterocycles. The molecule has 0 bridgehead atoms. The fourth-order valence-electron chi connectivity index (χ4n) is 1.56. The Morgan fingerprint density at radius 2 is 1.76 bits per heavy atom. The second kappa shape index (κ2) is 7.83. The van der Waals surface area contributed by atoms with Crippen LogP contribution in [0.4, 0.5) is 4.79 Å². The molecule has 1 aliphatic rings. The molecule has 3 N–H and O–H groups in total. The smallest absolute Gasteiger partial charge is 0.330 e. The van der Waals surface area contributed by atoms with Crippen molar-refractivity contribution in [1.29, 1.82) is 0 Å². The number of amides is 4. The highest BCUT2D eigenvalue weighted by Crippen LogP contribution is 2.01. The van der Waals surface area contributed by atoms with Gasteiger partial charge in [0.1, 0.15) is 0 Å². The van der Waals surface area contributed by atoms with Crippen LogP contribution in [0, 0.1) is 0 Å². The number of carbonyl (C=O) groups is 4. The minimum Gasteiger partial charge on any atom is -0.478 e. The van der Waals surface area contributed by atoms with Gasteiger partial charge in [0, 0.05) is 37.4 Å². The van der Waals surface area contributed by atoms with E-state index in [2.05, 4.69) is 10.6 Å². The van der Waals surface area contributed by atoms with Gasteiger partial charge in [0.2, 0.25) is 0 Å². The van der Waals surface area contributed by atoms with Crippen LogP contribution < -0.4 is 10.6 Å². The molecule has 0 aromatic rings. The number of urea groups is 1. The van der Waals surface area contributed by atoms with Gasteiger partial charge < -0.3 is 15.7 Å². The second-order valence-corrected chi connectivity index (χ2v) is 4.33. The van der Waals surface area contributed by atoms with E-state index in [-0.39, 0.29) is 18.7 Å². The number of nitrogens with zero attached hydrogens (tertiary/aromatic N) is 1. The molecule has 0 radical (unpaired) electrons. The lowest BCUT2D eigenvalue weighted by Crippen LogP contribution is -2.42. The van der Waals surface area contributed by atoms with Gasteiger partial charge in [0.15, 0.2) is 0 Å². The Kier molecular flexibility index (Phi) is 6.12. The fourth-order valence-corrected chi connectivity index (χ4v) is 1.56. The Morgan fingerprint density at radius 3 is 2.33 bits per heavy atom. The van der Waals surface area contributed by atoms with E-state index in [1.54, 1.807) is 0 Å². The van der Waals surface area contributed by atoms with E-state index in [4.69, 9.17) is 5.11 Å². The van der Waals surface area contributed by atoms with E-state index in [0.29, 0.717) is 13.0 Å². The van der Waals surface area contributed by atoms with Crippen LogP contribution >= 0.6 is 0 Å². The summed E-state index contributed by atoms with van der Waals surface area (Å²) in [4.78, 5) is 45.4. The molecule has 1 aliphatic heterocycles. The van der Waals surface area contributed by atoms with Crippen molar-refractivity contribution in [2.75, 3.05) is 19.6 Å². The van der Waals surface area contributed by atoms with Crippen LogP contribution in [-0.2, 0) is 14.4 Å². The number of carboxylic acids is 1. The zero-order valence-corrected chi connectivity index (χ0v) is 11.6. The maximum atomic E-state index is 11.4. The third kappa shape index (κ3) is 5.47.